The summed E-state index contributed by atoms with van der Waals surface area (Å²) < 4.78 is 0. The molecule has 0 spiro atoms. The molecule has 99 heavy (non-hydrogen) atoms. The first-order chi connectivity index (χ1) is 47.2. The topological polar surface area (TPSA) is 490 Å². The monoisotopic (exact) mass is 1390 g/mol. The number of benzene rings is 3. The number of rotatable bonds is 20. The lowest BCUT2D eigenvalue weighted by atomic mass is 9.99. The molecule has 0 radical (unpaired) electrons. The molecule has 1 unspecified atom stereocenters. The summed E-state index contributed by atoms with van der Waals surface area (Å²) in [6.45, 7) is 2.86. The van der Waals surface area contributed by atoms with Crippen molar-refractivity contribution < 1.29 is 67.1 Å². The first-order valence-corrected chi connectivity index (χ1v) is 32.8. The van der Waals surface area contributed by atoms with Crippen molar-refractivity contribution in [3.8, 4) is 0 Å². The highest BCUT2D eigenvalue weighted by Gasteiger charge is 2.41. The molecule has 14 amide bonds. The smallest absolute Gasteiger partial charge is 0.245 e. The van der Waals surface area contributed by atoms with E-state index in [4.69, 9.17) is 28.8 Å². The molecule has 10 atom stereocenters. The molecule has 0 saturated carbocycles. The molecule has 32 nitrogen and oxygen atoms in total. The molecule has 530 valence electrons. The quantitative estimate of drug-likeness (QED) is 0.0176. The fourth-order valence-electron chi connectivity index (χ4n) is 11.5. The highest BCUT2D eigenvalue weighted by molar-refractivity contribution is 6.30. The van der Waals surface area contributed by atoms with E-state index >= 15 is 14.4 Å². The third kappa shape index (κ3) is 23.5. The van der Waals surface area contributed by atoms with Crippen molar-refractivity contribution in [3.63, 3.8) is 0 Å². The minimum absolute atomic E-state index is 0.0135. The lowest BCUT2D eigenvalue weighted by Crippen LogP contribution is -2.61. The van der Waals surface area contributed by atoms with Crippen LogP contribution in [0.15, 0.2) is 96.2 Å². The number of carbonyl (C=O) groups excluding carboxylic acids is 14. The largest absolute Gasteiger partial charge is 0.370 e. The van der Waals surface area contributed by atoms with Gasteiger partial charge < -0.3 is 85.9 Å². The van der Waals surface area contributed by atoms with Crippen molar-refractivity contribution in [3.05, 3.63) is 113 Å². The third-order valence-electron chi connectivity index (χ3n) is 16.5. The zero-order valence-corrected chi connectivity index (χ0v) is 55.7. The fourth-order valence-corrected chi connectivity index (χ4v) is 11.6. The molecule has 4 saturated heterocycles. The minimum atomic E-state index is -2.10. The number of fused-ring (bicyclic) bond motifs is 24. The normalized spacial score (nSPS) is 21.8. The van der Waals surface area contributed by atoms with Crippen molar-refractivity contribution in [2.24, 2.45) is 28.1 Å². The summed E-state index contributed by atoms with van der Waals surface area (Å²) in [5.74, 6) is -14.2. The number of nitrogens with one attached hydrogen (secondary N) is 12. The second kappa shape index (κ2) is 36.5. The van der Waals surface area contributed by atoms with Crippen molar-refractivity contribution in [2.75, 3.05) is 32.7 Å². The van der Waals surface area contributed by atoms with E-state index in [1.54, 1.807) is 50.2 Å². The zero-order chi connectivity index (χ0) is 71.9. The summed E-state index contributed by atoms with van der Waals surface area (Å²) in [7, 11) is 0. The Morgan fingerprint density at radius 1 is 0.636 bits per heavy atom. The number of guanidine groups is 1. The molecule has 33 heteroatoms. The van der Waals surface area contributed by atoms with Gasteiger partial charge in [-0.1, -0.05) is 86.1 Å². The van der Waals surface area contributed by atoms with Crippen LogP contribution in [0, 0.1) is 5.92 Å². The van der Waals surface area contributed by atoms with Gasteiger partial charge in [0.15, 0.2) is 5.96 Å². The number of nitrogens with zero attached hydrogens (tertiary/aromatic N) is 3. The van der Waals surface area contributed by atoms with E-state index < -0.39 is 169 Å². The molecule has 1 aromatic heterocycles. The first kappa shape index (κ1) is 75.6. The predicted molar refractivity (Wildman–Crippen MR) is 360 cm³/mol. The van der Waals surface area contributed by atoms with Gasteiger partial charge in [-0.2, -0.15) is 0 Å². The Balaban J connectivity index is 1.28. The molecule has 8 rings (SSSR count). The Bertz CT molecular complexity index is 3670. The summed E-state index contributed by atoms with van der Waals surface area (Å²) in [5.41, 5.74) is 18.4. The number of hydrogen-bond donors (Lipinski definition) is 15. The van der Waals surface area contributed by atoms with Gasteiger partial charge in [-0.25, -0.2) is 0 Å². The van der Waals surface area contributed by atoms with Gasteiger partial charge in [0.05, 0.1) is 19.4 Å². The van der Waals surface area contributed by atoms with Crippen LogP contribution in [0.5, 0.6) is 0 Å². The van der Waals surface area contributed by atoms with E-state index in [-0.39, 0.29) is 89.3 Å². The molecule has 18 N–H and O–H groups in total. The molecular weight excluding hydrogens is 1300 g/mol. The van der Waals surface area contributed by atoms with E-state index in [1.165, 1.54) is 30.3 Å². The van der Waals surface area contributed by atoms with Crippen molar-refractivity contribution in [2.45, 2.75) is 152 Å². The molecule has 5 heterocycles. The van der Waals surface area contributed by atoms with E-state index in [2.05, 4.69) is 73.8 Å². The summed E-state index contributed by atoms with van der Waals surface area (Å²) in [6.07, 6.45) is -0.0533. The van der Waals surface area contributed by atoms with Gasteiger partial charge in [-0.3, -0.25) is 77.1 Å². The molecule has 4 aliphatic heterocycles. The number of aromatic nitrogens is 1. The van der Waals surface area contributed by atoms with Crippen LogP contribution in [-0.4, -0.2) is 192 Å². The van der Waals surface area contributed by atoms with Gasteiger partial charge in [-0.05, 0) is 90.1 Å². The van der Waals surface area contributed by atoms with Crippen molar-refractivity contribution >= 4 is 111 Å². The molecular formula is C66H85ClN18O14. The Morgan fingerprint density at radius 2 is 1.27 bits per heavy atom. The number of halogens is 1. The summed E-state index contributed by atoms with van der Waals surface area (Å²) in [5, 5.41) is 32.8. The number of amides is 14. The van der Waals surface area contributed by atoms with Gasteiger partial charge in [0, 0.05) is 69.8 Å². The SMILES string of the molecule is CC(=O)N[C@H](Cc1ccc2ccccc2c1)C(=O)N[C@H](Cc1ccc(Cl)cc1)C(=O)N[C@H](Cc1cccnc1)C(=O)N[C@H]1CC(=O)NCC(C(N)=O)NC(=O)[C@@H]2CCCN2C(=O)[C@@H]2CCNC(=O)CNC(=O)C[C@H](NC1=O)C(=O)N[C@H](CCCN=C(N)N)C(=O)N[C@@H](CC(C)C)C(=O)N2. The fraction of sp³-hybridized carbons (Fsp3) is 0.455. The lowest BCUT2D eigenvalue weighted by molar-refractivity contribution is -0.142. The van der Waals surface area contributed by atoms with Gasteiger partial charge in [0.1, 0.15) is 60.4 Å². The standard InChI is InChI=1S/C66H85ClN18O14/c1-35(2)25-45-58(92)78-44-20-23-72-55(89)34-75-54(88)31-49(62(96)77-43(57(91)79-45)12-7-22-73-66(69)70)83-63(97)50(30-53(87)74-33-51(56(68)90)84-64(98)52-13-8-24-85(52)65(44)99)82-61(95)48(29-39-9-6-21-71-32-39)81-60(94)47(27-37-15-18-42(67)19-16-37)80-59(93)46(76-36(3)86)28-38-14-17-40-10-4-5-11-41(40)26-38/h4-6,9-11,14-19,21,26,32,35,43-52H,7-8,12-13,20,22-25,27-31,33-34H2,1-3H3,(H2,68,90)(H,72,89)(H,74,87)(H,75,88)(H,76,86)(H,77,96)(H,78,92)(H,79,91)(H,80,93)(H,81,94)(H,82,95)(H,83,97)(H,84,98)(H4,69,70,73)/t43-,44+,45+,46-,47-,48-,49+,50+,51?,52+/m1/s1. The number of pyridine rings is 1. The summed E-state index contributed by atoms with van der Waals surface area (Å²) in [4.78, 5) is 209. The number of aliphatic imine (C=N–C) groups is 1. The highest BCUT2D eigenvalue weighted by atomic mass is 35.5. The highest BCUT2D eigenvalue weighted by Crippen LogP contribution is 2.22. The number of nitrogens with two attached hydrogens (primary N) is 3. The van der Waals surface area contributed by atoms with Crippen LogP contribution >= 0.6 is 11.6 Å². The zero-order valence-electron chi connectivity index (χ0n) is 55.0. The van der Waals surface area contributed by atoms with Crippen molar-refractivity contribution in [1.82, 2.24) is 73.7 Å². The maximum absolute atomic E-state index is 15.2. The van der Waals surface area contributed by atoms with Gasteiger partial charge in [-0.15, -0.1) is 0 Å². The molecule has 4 fully saturated rings. The van der Waals surface area contributed by atoms with E-state index in [0.29, 0.717) is 21.7 Å². The van der Waals surface area contributed by atoms with Crippen molar-refractivity contribution in [1.29, 1.82) is 0 Å². The number of hydrogen-bond acceptors (Lipinski definition) is 16. The first-order valence-electron chi connectivity index (χ1n) is 32.5. The Morgan fingerprint density at radius 3 is 1.95 bits per heavy atom. The molecule has 4 aliphatic rings. The second-order valence-corrected chi connectivity index (χ2v) is 25.3. The van der Waals surface area contributed by atoms with Crippen LogP contribution in [0.4, 0.5) is 0 Å². The Hall–Kier alpha value is -10.8. The van der Waals surface area contributed by atoms with Crippen LogP contribution in [0.2, 0.25) is 5.02 Å². The van der Waals surface area contributed by atoms with Crippen LogP contribution in [0.25, 0.3) is 10.8 Å². The van der Waals surface area contributed by atoms with E-state index in [9.17, 15) is 52.7 Å². The maximum atomic E-state index is 15.2. The third-order valence-corrected chi connectivity index (χ3v) is 16.8. The van der Waals surface area contributed by atoms with Crippen LogP contribution in [-0.2, 0) is 86.4 Å². The number of primary amides is 1. The van der Waals surface area contributed by atoms with Gasteiger partial charge in [0.2, 0.25) is 82.7 Å². The minimum Gasteiger partial charge on any atom is -0.370 e. The predicted octanol–water partition coefficient (Wildman–Crippen LogP) is -3.58. The van der Waals surface area contributed by atoms with Crippen LogP contribution < -0.4 is 81.0 Å². The van der Waals surface area contributed by atoms with Crippen LogP contribution in [0.3, 0.4) is 0 Å². The van der Waals surface area contributed by atoms with Gasteiger partial charge >= 0.3 is 0 Å². The molecule has 0 aliphatic carbocycles. The van der Waals surface area contributed by atoms with E-state index in [1.807, 2.05) is 36.4 Å². The Kier molecular flexibility index (Phi) is 27.9. The maximum Gasteiger partial charge on any atom is 0.245 e. The molecule has 4 aromatic rings. The number of carbonyl (C=O) groups is 14. The van der Waals surface area contributed by atoms with E-state index in [0.717, 1.165) is 10.8 Å². The Labute approximate surface area is 575 Å². The average Bonchev–Trinajstić information content (AvgIpc) is 1.81. The molecule has 3 aromatic carbocycles. The lowest BCUT2D eigenvalue weighted by Gasteiger charge is -2.31. The second-order valence-electron chi connectivity index (χ2n) is 24.8. The van der Waals surface area contributed by atoms with Crippen LogP contribution in [0.1, 0.15) is 88.8 Å². The summed E-state index contributed by atoms with van der Waals surface area (Å²) >= 11 is 6.25. The molecule has 2 bridgehead atoms. The van der Waals surface area contributed by atoms with Gasteiger partial charge in [0.25, 0.3) is 0 Å². The summed E-state index contributed by atoms with van der Waals surface area (Å²) in [6, 6.07) is 6.43. The average molecular weight is 1390 g/mol.